The van der Waals surface area contributed by atoms with Crippen molar-refractivity contribution in [2.75, 3.05) is 25.2 Å². The normalized spacial score (nSPS) is 11.7. The van der Waals surface area contributed by atoms with Gasteiger partial charge in [-0.15, -0.1) is 0 Å². The third kappa shape index (κ3) is 8.71. The van der Waals surface area contributed by atoms with E-state index < -0.39 is 0 Å². The quantitative estimate of drug-likeness (QED) is 0.158. The van der Waals surface area contributed by atoms with Crippen LogP contribution in [0.4, 0.5) is 11.4 Å². The Hall–Kier alpha value is -3.34. The number of methoxy groups -OCH3 is 1. The summed E-state index contributed by atoms with van der Waals surface area (Å²) in [5.74, 6) is 2.41. The third-order valence-electron chi connectivity index (χ3n) is 6.45. The summed E-state index contributed by atoms with van der Waals surface area (Å²) in [6.45, 7) is 2.87. The molecule has 5 nitrogen and oxygen atoms in total. The molecular formula is C31H42N2O3. The second kappa shape index (κ2) is 14.9. The first-order chi connectivity index (χ1) is 17.6. The maximum atomic E-state index is 6.45. The Balaban J connectivity index is 1.47. The van der Waals surface area contributed by atoms with Crippen LogP contribution in [0, 0.1) is 0 Å². The fourth-order valence-electron chi connectivity index (χ4n) is 4.33. The largest absolute Gasteiger partial charge is 0.497 e. The molecule has 0 aliphatic heterocycles. The van der Waals surface area contributed by atoms with E-state index in [9.17, 15) is 0 Å². The Morgan fingerprint density at radius 2 is 1.22 bits per heavy atom. The summed E-state index contributed by atoms with van der Waals surface area (Å²) in [5.41, 5.74) is 15.5. The smallest absolute Gasteiger partial charge is 0.165 e. The standard InChI is InChI=1S/C31H42N2O3/c1-3-4-5-7-11-27(12-8-6-9-23-35-31-29(32)13-10-14-30(31)33)36-28-21-17-25(18-22-28)24-15-19-26(34-2)20-16-24/h10,13-22,27H,3-9,11-12,23,32-33H2,1-2H3. The molecule has 0 saturated carbocycles. The lowest BCUT2D eigenvalue weighted by molar-refractivity contribution is 0.171. The Bertz CT molecular complexity index is 999. The molecule has 0 saturated heterocycles. The molecule has 36 heavy (non-hydrogen) atoms. The van der Waals surface area contributed by atoms with E-state index in [1.54, 1.807) is 7.11 Å². The molecule has 3 rings (SSSR count). The van der Waals surface area contributed by atoms with Gasteiger partial charge >= 0.3 is 0 Å². The van der Waals surface area contributed by atoms with E-state index in [1.165, 1.54) is 36.8 Å². The zero-order chi connectivity index (χ0) is 25.6. The monoisotopic (exact) mass is 490 g/mol. The highest BCUT2D eigenvalue weighted by atomic mass is 16.5. The Morgan fingerprint density at radius 1 is 0.667 bits per heavy atom. The summed E-state index contributed by atoms with van der Waals surface area (Å²) in [4.78, 5) is 0. The molecule has 3 aromatic rings. The van der Waals surface area contributed by atoms with Crippen LogP contribution < -0.4 is 25.7 Å². The first kappa shape index (κ1) is 27.3. The van der Waals surface area contributed by atoms with Gasteiger partial charge in [-0.05, 0) is 86.1 Å². The van der Waals surface area contributed by atoms with Crippen LogP contribution >= 0.6 is 0 Å². The van der Waals surface area contributed by atoms with Crippen LogP contribution in [0.1, 0.15) is 64.7 Å². The van der Waals surface area contributed by atoms with Crippen LogP contribution in [0.2, 0.25) is 0 Å². The zero-order valence-corrected chi connectivity index (χ0v) is 21.9. The molecule has 0 fully saturated rings. The highest BCUT2D eigenvalue weighted by Gasteiger charge is 2.11. The molecule has 194 valence electrons. The van der Waals surface area contributed by atoms with Crippen molar-refractivity contribution in [2.45, 2.75) is 70.8 Å². The van der Waals surface area contributed by atoms with Gasteiger partial charge in [0.2, 0.25) is 0 Å². The van der Waals surface area contributed by atoms with Crippen LogP contribution in [0.15, 0.2) is 66.7 Å². The van der Waals surface area contributed by atoms with E-state index in [2.05, 4.69) is 43.3 Å². The number of hydrogen-bond acceptors (Lipinski definition) is 5. The summed E-state index contributed by atoms with van der Waals surface area (Å²) in [6.07, 6.45) is 10.5. The predicted molar refractivity (Wildman–Crippen MR) is 151 cm³/mol. The van der Waals surface area contributed by atoms with Crippen LogP contribution in [0.25, 0.3) is 11.1 Å². The van der Waals surface area contributed by atoms with Gasteiger partial charge in [0.05, 0.1) is 31.2 Å². The summed E-state index contributed by atoms with van der Waals surface area (Å²) >= 11 is 0. The topological polar surface area (TPSA) is 79.7 Å². The number of nitrogen functional groups attached to an aromatic ring is 2. The van der Waals surface area contributed by atoms with Gasteiger partial charge in [-0.1, -0.05) is 56.5 Å². The lowest BCUT2D eigenvalue weighted by Gasteiger charge is -2.20. The van der Waals surface area contributed by atoms with Gasteiger partial charge < -0.3 is 25.7 Å². The molecule has 0 heterocycles. The van der Waals surface area contributed by atoms with Gasteiger partial charge in [-0.25, -0.2) is 0 Å². The van der Waals surface area contributed by atoms with Crippen LogP contribution in [-0.4, -0.2) is 19.8 Å². The molecular weight excluding hydrogens is 448 g/mol. The van der Waals surface area contributed by atoms with Crippen molar-refractivity contribution in [3.05, 3.63) is 66.7 Å². The van der Waals surface area contributed by atoms with Gasteiger partial charge in [0.1, 0.15) is 11.5 Å². The van der Waals surface area contributed by atoms with Crippen molar-refractivity contribution in [2.24, 2.45) is 0 Å². The summed E-state index contributed by atoms with van der Waals surface area (Å²) in [5, 5.41) is 0. The molecule has 1 atom stereocenters. The summed E-state index contributed by atoms with van der Waals surface area (Å²) < 4.78 is 17.5. The van der Waals surface area contributed by atoms with E-state index in [0.29, 0.717) is 23.7 Å². The summed E-state index contributed by atoms with van der Waals surface area (Å²) in [6, 6.07) is 22.0. The molecule has 0 spiro atoms. The second-order valence-corrected chi connectivity index (χ2v) is 9.31. The van der Waals surface area contributed by atoms with Crippen LogP contribution in [0.5, 0.6) is 17.2 Å². The fraction of sp³-hybridized carbons (Fsp3) is 0.419. The van der Waals surface area contributed by atoms with Gasteiger partial charge in [-0.3, -0.25) is 0 Å². The van der Waals surface area contributed by atoms with Crippen LogP contribution in [-0.2, 0) is 0 Å². The van der Waals surface area contributed by atoms with E-state index in [-0.39, 0.29) is 6.10 Å². The molecule has 1 unspecified atom stereocenters. The lowest BCUT2D eigenvalue weighted by Crippen LogP contribution is -2.16. The molecule has 0 radical (unpaired) electrons. The van der Waals surface area contributed by atoms with Gasteiger partial charge in [0, 0.05) is 0 Å². The minimum atomic E-state index is 0.232. The minimum absolute atomic E-state index is 0.232. The first-order valence-corrected chi connectivity index (χ1v) is 13.3. The SMILES string of the molecule is CCCCCCC(CCCCCOc1c(N)cccc1N)Oc1ccc(-c2ccc(OC)cc2)cc1. The van der Waals surface area contributed by atoms with Crippen LogP contribution in [0.3, 0.4) is 0 Å². The first-order valence-electron chi connectivity index (χ1n) is 13.3. The Morgan fingerprint density at radius 3 is 1.78 bits per heavy atom. The third-order valence-corrected chi connectivity index (χ3v) is 6.45. The van der Waals surface area contributed by atoms with Crippen molar-refractivity contribution >= 4 is 11.4 Å². The maximum Gasteiger partial charge on any atom is 0.165 e. The molecule has 4 N–H and O–H groups in total. The Labute approximate surface area is 216 Å². The highest BCUT2D eigenvalue weighted by Crippen LogP contribution is 2.29. The number of nitrogens with two attached hydrogens (primary N) is 2. The molecule has 0 aliphatic carbocycles. The number of benzene rings is 3. The van der Waals surface area contributed by atoms with Gasteiger partial charge in [0.25, 0.3) is 0 Å². The number of para-hydroxylation sites is 1. The number of unbranched alkanes of at least 4 members (excludes halogenated alkanes) is 5. The average molecular weight is 491 g/mol. The molecule has 0 aliphatic rings. The fourth-order valence-corrected chi connectivity index (χ4v) is 4.33. The number of hydrogen-bond donors (Lipinski definition) is 2. The van der Waals surface area contributed by atoms with E-state index in [4.69, 9.17) is 25.7 Å². The second-order valence-electron chi connectivity index (χ2n) is 9.31. The van der Waals surface area contributed by atoms with Crippen molar-refractivity contribution in [1.82, 2.24) is 0 Å². The van der Waals surface area contributed by atoms with Crippen molar-refractivity contribution in [3.63, 3.8) is 0 Å². The van der Waals surface area contributed by atoms with Gasteiger partial charge in [-0.2, -0.15) is 0 Å². The Kier molecular flexibility index (Phi) is 11.3. The number of ether oxygens (including phenoxy) is 3. The highest BCUT2D eigenvalue weighted by molar-refractivity contribution is 5.67. The maximum absolute atomic E-state index is 6.45. The van der Waals surface area contributed by atoms with E-state index in [0.717, 1.165) is 43.6 Å². The van der Waals surface area contributed by atoms with Crippen molar-refractivity contribution in [3.8, 4) is 28.4 Å². The minimum Gasteiger partial charge on any atom is -0.497 e. The lowest BCUT2D eigenvalue weighted by atomic mass is 10.0. The zero-order valence-electron chi connectivity index (χ0n) is 21.9. The number of rotatable bonds is 16. The summed E-state index contributed by atoms with van der Waals surface area (Å²) in [7, 11) is 1.69. The van der Waals surface area contributed by atoms with Crippen molar-refractivity contribution in [1.29, 1.82) is 0 Å². The van der Waals surface area contributed by atoms with Gasteiger partial charge in [0.15, 0.2) is 5.75 Å². The molecule has 0 aromatic heterocycles. The molecule has 5 heteroatoms. The van der Waals surface area contributed by atoms with E-state index >= 15 is 0 Å². The average Bonchev–Trinajstić information content (AvgIpc) is 2.90. The molecule has 3 aromatic carbocycles. The van der Waals surface area contributed by atoms with E-state index in [1.807, 2.05) is 30.3 Å². The number of anilines is 2. The predicted octanol–water partition coefficient (Wildman–Crippen LogP) is 7.88. The van der Waals surface area contributed by atoms with Crippen molar-refractivity contribution < 1.29 is 14.2 Å². The molecule has 0 bridgehead atoms. The molecule has 0 amide bonds.